The van der Waals surface area contributed by atoms with E-state index in [9.17, 15) is 9.59 Å². The van der Waals surface area contributed by atoms with Crippen LogP contribution in [0, 0.1) is 0 Å². The van der Waals surface area contributed by atoms with Crippen molar-refractivity contribution in [3.63, 3.8) is 0 Å². The molecule has 0 spiro atoms. The Hall–Kier alpha value is -3.95. The zero-order valence-corrected chi connectivity index (χ0v) is 18.5. The summed E-state index contributed by atoms with van der Waals surface area (Å²) in [5.74, 6) is 1.33. The van der Waals surface area contributed by atoms with E-state index in [1.165, 1.54) is 11.1 Å². The van der Waals surface area contributed by atoms with Crippen LogP contribution in [0.5, 0.6) is 11.6 Å². The van der Waals surface area contributed by atoms with Gasteiger partial charge in [0.2, 0.25) is 17.6 Å². The lowest BCUT2D eigenvalue weighted by molar-refractivity contribution is -0.138. The number of para-hydroxylation sites is 1. The molecule has 10 heteroatoms. The highest BCUT2D eigenvalue weighted by Gasteiger charge is 2.32. The first-order chi connectivity index (χ1) is 16.0. The summed E-state index contributed by atoms with van der Waals surface area (Å²) in [7, 11) is 3.17. The smallest absolute Gasteiger partial charge is 0.416 e. The molecule has 172 valence electrons. The Balaban J connectivity index is 1.47. The van der Waals surface area contributed by atoms with Gasteiger partial charge in [-0.05, 0) is 37.5 Å². The molecule has 0 radical (unpaired) electrons. The van der Waals surface area contributed by atoms with Gasteiger partial charge < -0.3 is 23.8 Å². The minimum absolute atomic E-state index is 0.0630. The van der Waals surface area contributed by atoms with E-state index in [1.807, 2.05) is 30.3 Å². The molecule has 0 bridgehead atoms. The molecule has 1 aliphatic heterocycles. The highest BCUT2D eigenvalue weighted by atomic mass is 16.6. The number of aromatic nitrogens is 3. The van der Waals surface area contributed by atoms with E-state index < -0.39 is 6.09 Å². The predicted octanol–water partition coefficient (Wildman–Crippen LogP) is 3.32. The third-order valence-corrected chi connectivity index (χ3v) is 5.21. The van der Waals surface area contributed by atoms with Gasteiger partial charge in [0.1, 0.15) is 11.8 Å². The van der Waals surface area contributed by atoms with Crippen molar-refractivity contribution in [3.05, 3.63) is 54.6 Å². The maximum absolute atomic E-state index is 12.9. The van der Waals surface area contributed by atoms with Crippen molar-refractivity contribution in [1.29, 1.82) is 0 Å². The second-order valence-corrected chi connectivity index (χ2v) is 7.80. The van der Waals surface area contributed by atoms with Gasteiger partial charge in [0.25, 0.3) is 5.91 Å². The molecule has 0 unspecified atom stereocenters. The summed E-state index contributed by atoms with van der Waals surface area (Å²) in [6.07, 6.45) is 3.54. The van der Waals surface area contributed by atoms with E-state index in [-0.39, 0.29) is 24.4 Å². The van der Waals surface area contributed by atoms with E-state index in [0.29, 0.717) is 29.6 Å². The lowest BCUT2D eigenvalue weighted by Crippen LogP contribution is -2.41. The van der Waals surface area contributed by atoms with Crippen LogP contribution in [0.25, 0.3) is 11.4 Å². The molecule has 0 aliphatic carbocycles. The van der Waals surface area contributed by atoms with Crippen LogP contribution < -0.4 is 9.47 Å². The summed E-state index contributed by atoms with van der Waals surface area (Å²) < 4.78 is 16.4. The predicted molar refractivity (Wildman–Crippen MR) is 117 cm³/mol. The number of piperidine rings is 1. The number of ether oxygens (including phenoxy) is 2. The Morgan fingerprint density at radius 3 is 2.79 bits per heavy atom. The maximum Gasteiger partial charge on any atom is 0.416 e. The molecule has 2 aromatic heterocycles. The first-order valence-corrected chi connectivity index (χ1v) is 10.7. The van der Waals surface area contributed by atoms with Crippen LogP contribution in [-0.2, 0) is 4.79 Å². The number of pyridine rings is 1. The molecule has 10 nitrogen and oxygen atoms in total. The molecular formula is C23H25N5O5. The number of rotatable bonds is 6. The molecule has 1 atom stereocenters. The minimum Gasteiger partial charge on any atom is -0.484 e. The van der Waals surface area contributed by atoms with Crippen LogP contribution in [0.1, 0.15) is 31.2 Å². The molecule has 3 aromatic rings. The fourth-order valence-corrected chi connectivity index (χ4v) is 3.50. The van der Waals surface area contributed by atoms with Gasteiger partial charge in [-0.25, -0.2) is 9.78 Å². The highest BCUT2D eigenvalue weighted by molar-refractivity contribution is 5.78. The van der Waals surface area contributed by atoms with Gasteiger partial charge in [-0.15, -0.1) is 0 Å². The summed E-state index contributed by atoms with van der Waals surface area (Å²) in [5.41, 5.74) is 0.586. The van der Waals surface area contributed by atoms with Gasteiger partial charge in [0.15, 0.2) is 6.61 Å². The molecule has 1 aliphatic rings. The average Bonchev–Trinajstić information content (AvgIpc) is 3.33. The van der Waals surface area contributed by atoms with Crippen molar-refractivity contribution in [1.82, 2.24) is 24.9 Å². The van der Waals surface area contributed by atoms with E-state index >= 15 is 0 Å². The highest BCUT2D eigenvalue weighted by Crippen LogP contribution is 2.31. The van der Waals surface area contributed by atoms with Crippen molar-refractivity contribution >= 4 is 12.0 Å². The Labute approximate surface area is 191 Å². The van der Waals surface area contributed by atoms with Crippen molar-refractivity contribution in [2.24, 2.45) is 0 Å². The third kappa shape index (κ3) is 5.46. The Morgan fingerprint density at radius 2 is 2.00 bits per heavy atom. The third-order valence-electron chi connectivity index (χ3n) is 5.21. The lowest BCUT2D eigenvalue weighted by Gasteiger charge is -2.33. The number of hydrogen-bond acceptors (Lipinski definition) is 8. The van der Waals surface area contributed by atoms with Gasteiger partial charge in [0, 0.05) is 38.5 Å². The Bertz CT molecular complexity index is 1100. The number of likely N-dealkylation sites (tertiary alicyclic amines) is 1. The number of carbonyl (C=O) groups excluding carboxylic acids is 2. The number of carbonyl (C=O) groups is 2. The lowest BCUT2D eigenvalue weighted by atomic mass is 10.0. The summed E-state index contributed by atoms with van der Waals surface area (Å²) >= 11 is 0. The Morgan fingerprint density at radius 1 is 1.18 bits per heavy atom. The van der Waals surface area contributed by atoms with Crippen LogP contribution in [0.4, 0.5) is 4.79 Å². The van der Waals surface area contributed by atoms with Crippen LogP contribution in [-0.4, -0.2) is 64.2 Å². The van der Waals surface area contributed by atoms with Crippen molar-refractivity contribution < 1.29 is 23.6 Å². The topological polar surface area (TPSA) is 111 Å². The van der Waals surface area contributed by atoms with Crippen molar-refractivity contribution in [2.75, 3.05) is 27.2 Å². The van der Waals surface area contributed by atoms with Gasteiger partial charge >= 0.3 is 6.09 Å². The molecule has 1 aromatic carbocycles. The number of amides is 2. The van der Waals surface area contributed by atoms with E-state index in [0.717, 1.165) is 19.3 Å². The molecule has 0 N–H and O–H groups in total. The van der Waals surface area contributed by atoms with Crippen LogP contribution >= 0.6 is 0 Å². The monoisotopic (exact) mass is 451 g/mol. The summed E-state index contributed by atoms with van der Waals surface area (Å²) in [5, 5.41) is 4.07. The first-order valence-electron chi connectivity index (χ1n) is 10.7. The number of benzene rings is 1. The van der Waals surface area contributed by atoms with Gasteiger partial charge in [-0.1, -0.05) is 23.4 Å². The molecule has 33 heavy (non-hydrogen) atoms. The quantitative estimate of drug-likeness (QED) is 0.561. The zero-order valence-electron chi connectivity index (χ0n) is 18.5. The summed E-state index contributed by atoms with van der Waals surface area (Å²) in [6, 6.07) is 12.2. The van der Waals surface area contributed by atoms with E-state index in [4.69, 9.17) is 14.0 Å². The van der Waals surface area contributed by atoms with E-state index in [1.54, 1.807) is 31.1 Å². The van der Waals surface area contributed by atoms with Crippen LogP contribution in [0.2, 0.25) is 0 Å². The SMILES string of the molecule is CN(C)C(=O)Oc1cc(-c2noc([C@H]3CCCCN3C(=O)COc3ccccc3)n2)ccn1. The number of nitrogens with zero attached hydrogens (tertiary/aromatic N) is 5. The first kappa shape index (κ1) is 22.3. The molecular weight excluding hydrogens is 426 g/mol. The van der Waals surface area contributed by atoms with Crippen molar-refractivity contribution in [2.45, 2.75) is 25.3 Å². The van der Waals surface area contributed by atoms with Crippen LogP contribution in [0.15, 0.2) is 53.2 Å². The molecule has 1 saturated heterocycles. The Kier molecular flexibility index (Phi) is 6.82. The second kappa shape index (κ2) is 10.1. The van der Waals surface area contributed by atoms with Crippen LogP contribution in [0.3, 0.4) is 0 Å². The molecule has 1 fully saturated rings. The molecule has 2 amide bonds. The molecule has 3 heterocycles. The van der Waals surface area contributed by atoms with Gasteiger partial charge in [-0.2, -0.15) is 4.98 Å². The minimum atomic E-state index is -0.539. The van der Waals surface area contributed by atoms with E-state index in [2.05, 4.69) is 15.1 Å². The normalized spacial score (nSPS) is 15.7. The largest absolute Gasteiger partial charge is 0.484 e. The molecule has 0 saturated carbocycles. The molecule has 4 rings (SSSR count). The van der Waals surface area contributed by atoms with Crippen molar-refractivity contribution in [3.8, 4) is 23.0 Å². The average molecular weight is 451 g/mol. The van der Waals surface area contributed by atoms with Gasteiger partial charge in [0.05, 0.1) is 0 Å². The zero-order chi connectivity index (χ0) is 23.2. The summed E-state index contributed by atoms with van der Waals surface area (Å²) in [4.78, 5) is 36.3. The fourth-order valence-electron chi connectivity index (χ4n) is 3.50. The maximum atomic E-state index is 12.9. The fraction of sp³-hybridized carbons (Fsp3) is 0.348. The standard InChI is InChI=1S/C23H25N5O5/c1-27(2)23(30)32-19-14-16(11-12-24-19)21-25-22(33-26-21)18-10-6-7-13-28(18)20(29)15-31-17-8-4-3-5-9-17/h3-5,8-9,11-12,14,18H,6-7,10,13,15H2,1-2H3/t18-/m1/s1. The summed E-state index contributed by atoms with van der Waals surface area (Å²) in [6.45, 7) is 0.533. The van der Waals surface area contributed by atoms with Gasteiger partial charge in [-0.3, -0.25) is 4.79 Å². The number of hydrogen-bond donors (Lipinski definition) is 0. The second-order valence-electron chi connectivity index (χ2n) is 7.80.